The molecule has 0 saturated heterocycles. The minimum absolute atomic E-state index is 0.0782. The Morgan fingerprint density at radius 1 is 1.37 bits per heavy atom. The number of para-hydroxylation sites is 1. The smallest absolute Gasteiger partial charge is 0.135 e. The van der Waals surface area contributed by atoms with E-state index in [0.717, 1.165) is 33.3 Å². The number of nitrogens with one attached hydrogen (secondary N) is 1. The van der Waals surface area contributed by atoms with Crippen LogP contribution in [-0.4, -0.2) is 17.4 Å². The molecule has 0 fully saturated rings. The molecule has 0 bridgehead atoms. The number of nitrogen functional groups attached to an aromatic ring is 1. The second kappa shape index (κ2) is 5.84. The standard InChI is InChI=1S/C14H17N3OS/c1-3-10-12(13(15)16)19-14(17-10)9-7-5-6-8-11(9)18-4-2/h5-8H,3-4H2,1-2H3,(H3,15,16). The van der Waals surface area contributed by atoms with Crippen LogP contribution < -0.4 is 10.5 Å². The summed E-state index contributed by atoms with van der Waals surface area (Å²) < 4.78 is 5.62. The molecule has 0 atom stereocenters. The number of hydrogen-bond donors (Lipinski definition) is 2. The minimum atomic E-state index is 0.0782. The van der Waals surface area contributed by atoms with E-state index in [1.165, 1.54) is 11.3 Å². The maximum Gasteiger partial charge on any atom is 0.135 e. The van der Waals surface area contributed by atoms with Crippen molar-refractivity contribution in [3.05, 3.63) is 34.8 Å². The number of benzene rings is 1. The van der Waals surface area contributed by atoms with Gasteiger partial charge in [0.1, 0.15) is 16.6 Å². The lowest BCUT2D eigenvalue weighted by molar-refractivity contribution is 0.341. The van der Waals surface area contributed by atoms with Crippen molar-refractivity contribution in [1.82, 2.24) is 4.98 Å². The highest BCUT2D eigenvalue weighted by Crippen LogP contribution is 2.34. The first-order valence-corrected chi connectivity index (χ1v) is 7.05. The first kappa shape index (κ1) is 13.5. The van der Waals surface area contributed by atoms with Crippen LogP contribution in [0.3, 0.4) is 0 Å². The molecule has 0 aliphatic carbocycles. The van der Waals surface area contributed by atoms with Gasteiger partial charge in [-0.25, -0.2) is 4.98 Å². The van der Waals surface area contributed by atoms with Gasteiger partial charge in [-0.3, -0.25) is 5.41 Å². The maximum atomic E-state index is 7.61. The van der Waals surface area contributed by atoms with Gasteiger partial charge in [-0.15, -0.1) is 11.3 Å². The second-order valence-corrected chi connectivity index (χ2v) is 4.99. The molecule has 4 nitrogen and oxygen atoms in total. The van der Waals surface area contributed by atoms with E-state index >= 15 is 0 Å². The Hall–Kier alpha value is -1.88. The highest BCUT2D eigenvalue weighted by Gasteiger charge is 2.15. The lowest BCUT2D eigenvalue weighted by atomic mass is 10.2. The summed E-state index contributed by atoms with van der Waals surface area (Å²) in [6, 6.07) is 7.81. The molecule has 100 valence electrons. The largest absolute Gasteiger partial charge is 0.493 e. The number of ether oxygens (including phenoxy) is 1. The SMILES string of the molecule is CCOc1ccccc1-c1nc(CC)c(C(=N)N)s1. The number of nitrogens with zero attached hydrogens (tertiary/aromatic N) is 1. The molecule has 2 aromatic rings. The van der Waals surface area contributed by atoms with Crippen LogP contribution in [-0.2, 0) is 6.42 Å². The zero-order valence-electron chi connectivity index (χ0n) is 11.1. The van der Waals surface area contributed by atoms with Crippen LogP contribution >= 0.6 is 11.3 Å². The number of rotatable bonds is 5. The van der Waals surface area contributed by atoms with E-state index in [1.54, 1.807) is 0 Å². The highest BCUT2D eigenvalue weighted by atomic mass is 32.1. The number of thiazole rings is 1. The molecular weight excluding hydrogens is 258 g/mol. The third-order valence-electron chi connectivity index (χ3n) is 2.69. The Kier molecular flexibility index (Phi) is 4.16. The molecule has 0 aliphatic rings. The van der Waals surface area contributed by atoms with E-state index in [9.17, 15) is 0 Å². The van der Waals surface area contributed by atoms with Crippen molar-refractivity contribution >= 4 is 17.2 Å². The Balaban J connectivity index is 2.50. The van der Waals surface area contributed by atoms with E-state index in [4.69, 9.17) is 15.9 Å². The Labute approximate surface area is 116 Å². The third kappa shape index (κ3) is 2.76. The van der Waals surface area contributed by atoms with Crippen LogP contribution in [0.5, 0.6) is 5.75 Å². The zero-order chi connectivity index (χ0) is 13.8. The molecule has 3 N–H and O–H groups in total. The van der Waals surface area contributed by atoms with Gasteiger partial charge in [-0.2, -0.15) is 0 Å². The van der Waals surface area contributed by atoms with E-state index in [0.29, 0.717) is 6.61 Å². The van der Waals surface area contributed by atoms with Crippen LogP contribution in [0.4, 0.5) is 0 Å². The molecule has 0 spiro atoms. The summed E-state index contributed by atoms with van der Waals surface area (Å²) in [7, 11) is 0. The lowest BCUT2D eigenvalue weighted by Gasteiger charge is -2.07. The molecule has 1 aromatic carbocycles. The van der Waals surface area contributed by atoms with Crippen molar-refractivity contribution in [2.45, 2.75) is 20.3 Å². The fraction of sp³-hybridized carbons (Fsp3) is 0.286. The van der Waals surface area contributed by atoms with E-state index in [2.05, 4.69) is 4.98 Å². The second-order valence-electron chi connectivity index (χ2n) is 3.99. The average Bonchev–Trinajstić information content (AvgIpc) is 2.84. The van der Waals surface area contributed by atoms with Gasteiger partial charge in [0.05, 0.1) is 22.7 Å². The first-order valence-electron chi connectivity index (χ1n) is 6.23. The summed E-state index contributed by atoms with van der Waals surface area (Å²) in [6.45, 7) is 4.58. The molecule has 5 heteroatoms. The van der Waals surface area contributed by atoms with Gasteiger partial charge in [-0.1, -0.05) is 19.1 Å². The molecular formula is C14H17N3OS. The number of hydrogen-bond acceptors (Lipinski definition) is 4. The number of aryl methyl sites for hydroxylation is 1. The predicted octanol–water partition coefficient (Wildman–Crippen LogP) is 3.06. The summed E-state index contributed by atoms with van der Waals surface area (Å²) in [4.78, 5) is 5.33. The molecule has 2 rings (SSSR count). The van der Waals surface area contributed by atoms with E-state index < -0.39 is 0 Å². The van der Waals surface area contributed by atoms with Crippen LogP contribution in [0.25, 0.3) is 10.6 Å². The summed E-state index contributed by atoms with van der Waals surface area (Å²) in [5, 5.41) is 8.46. The van der Waals surface area contributed by atoms with Crippen LogP contribution in [0.1, 0.15) is 24.4 Å². The molecule has 1 heterocycles. The van der Waals surface area contributed by atoms with E-state index in [-0.39, 0.29) is 5.84 Å². The molecule has 0 aliphatic heterocycles. The third-order valence-corrected chi connectivity index (χ3v) is 3.86. The Morgan fingerprint density at radius 3 is 2.68 bits per heavy atom. The van der Waals surface area contributed by atoms with Crippen molar-refractivity contribution in [2.75, 3.05) is 6.61 Å². The van der Waals surface area contributed by atoms with Crippen molar-refractivity contribution in [3.8, 4) is 16.3 Å². The monoisotopic (exact) mass is 275 g/mol. The fourth-order valence-corrected chi connectivity index (χ4v) is 2.89. The summed E-state index contributed by atoms with van der Waals surface area (Å²) >= 11 is 1.44. The van der Waals surface area contributed by atoms with Crippen LogP contribution in [0, 0.1) is 5.41 Å². The van der Waals surface area contributed by atoms with Crippen molar-refractivity contribution in [2.24, 2.45) is 5.73 Å². The Bertz CT molecular complexity index is 592. The Morgan fingerprint density at radius 2 is 2.11 bits per heavy atom. The topological polar surface area (TPSA) is 72.0 Å². The van der Waals surface area contributed by atoms with E-state index in [1.807, 2.05) is 38.1 Å². The lowest BCUT2D eigenvalue weighted by Crippen LogP contribution is -2.11. The van der Waals surface area contributed by atoms with Gasteiger partial charge in [0.25, 0.3) is 0 Å². The average molecular weight is 275 g/mol. The maximum absolute atomic E-state index is 7.61. The number of amidine groups is 1. The minimum Gasteiger partial charge on any atom is -0.493 e. The predicted molar refractivity (Wildman–Crippen MR) is 79.1 cm³/mol. The molecule has 19 heavy (non-hydrogen) atoms. The van der Waals surface area contributed by atoms with Crippen LogP contribution in [0.15, 0.2) is 24.3 Å². The van der Waals surface area contributed by atoms with Gasteiger partial charge < -0.3 is 10.5 Å². The fourth-order valence-electron chi connectivity index (χ4n) is 1.84. The summed E-state index contributed by atoms with van der Waals surface area (Å²) in [5.74, 6) is 0.894. The van der Waals surface area contributed by atoms with Gasteiger partial charge in [-0.05, 0) is 25.5 Å². The molecule has 0 radical (unpaired) electrons. The van der Waals surface area contributed by atoms with Gasteiger partial charge in [0.15, 0.2) is 0 Å². The van der Waals surface area contributed by atoms with Gasteiger partial charge in [0.2, 0.25) is 0 Å². The van der Waals surface area contributed by atoms with Crippen LogP contribution in [0.2, 0.25) is 0 Å². The zero-order valence-corrected chi connectivity index (χ0v) is 11.9. The van der Waals surface area contributed by atoms with Gasteiger partial charge in [0, 0.05) is 0 Å². The summed E-state index contributed by atoms with van der Waals surface area (Å²) in [5.41, 5.74) is 7.43. The van der Waals surface area contributed by atoms with Crippen molar-refractivity contribution in [1.29, 1.82) is 5.41 Å². The molecule has 1 aromatic heterocycles. The molecule has 0 amide bonds. The first-order chi connectivity index (χ1) is 9.17. The normalized spacial score (nSPS) is 10.4. The highest BCUT2D eigenvalue weighted by molar-refractivity contribution is 7.17. The molecule has 0 saturated carbocycles. The summed E-state index contributed by atoms with van der Waals surface area (Å²) in [6.07, 6.45) is 0.766. The van der Waals surface area contributed by atoms with Crippen molar-refractivity contribution in [3.63, 3.8) is 0 Å². The molecule has 0 unspecified atom stereocenters. The van der Waals surface area contributed by atoms with Crippen molar-refractivity contribution < 1.29 is 4.74 Å². The quantitative estimate of drug-likeness (QED) is 0.650. The number of aromatic nitrogens is 1. The number of nitrogens with two attached hydrogens (primary N) is 1. The van der Waals surface area contributed by atoms with Gasteiger partial charge >= 0.3 is 0 Å².